The summed E-state index contributed by atoms with van der Waals surface area (Å²) in [5.41, 5.74) is -0.594. The van der Waals surface area contributed by atoms with E-state index in [1.807, 2.05) is 6.92 Å². The summed E-state index contributed by atoms with van der Waals surface area (Å²) in [6.45, 7) is 8.40. The maximum Gasteiger partial charge on any atom is 0.466 e. The highest BCUT2D eigenvalue weighted by Gasteiger charge is 2.34. The molecule has 0 saturated carbocycles. The molecule has 7 nitrogen and oxygen atoms in total. The van der Waals surface area contributed by atoms with Crippen LogP contribution in [0.5, 0.6) is 0 Å². The van der Waals surface area contributed by atoms with Crippen LogP contribution in [0.3, 0.4) is 0 Å². The van der Waals surface area contributed by atoms with E-state index in [0.717, 1.165) is 13.0 Å². The Labute approximate surface area is 134 Å². The van der Waals surface area contributed by atoms with Crippen LogP contribution in [-0.2, 0) is 4.57 Å². The van der Waals surface area contributed by atoms with Crippen molar-refractivity contribution in [1.29, 1.82) is 0 Å². The lowest BCUT2D eigenvalue weighted by Crippen LogP contribution is -2.58. The van der Waals surface area contributed by atoms with Gasteiger partial charge in [-0.25, -0.2) is 4.57 Å². The Morgan fingerprint density at radius 2 is 1.32 bits per heavy atom. The number of aliphatic hydroxyl groups is 2. The average molecular weight is 343 g/mol. The maximum absolute atomic E-state index is 9.69. The van der Waals surface area contributed by atoms with Crippen molar-refractivity contribution >= 4 is 7.82 Å². The lowest BCUT2D eigenvalue weighted by molar-refractivity contribution is -0.00516. The van der Waals surface area contributed by atoms with Crippen molar-refractivity contribution in [2.45, 2.75) is 84.0 Å². The minimum atomic E-state index is -4.64. The Balaban J connectivity index is 0. The summed E-state index contributed by atoms with van der Waals surface area (Å²) in [4.78, 5) is 21.6. The molecular weight excluding hydrogens is 309 g/mol. The molecule has 0 aliphatic heterocycles. The average Bonchev–Trinajstić information content (AvgIpc) is 2.34. The van der Waals surface area contributed by atoms with Crippen molar-refractivity contribution < 1.29 is 29.5 Å². The fourth-order valence-corrected chi connectivity index (χ4v) is 1.91. The third-order valence-corrected chi connectivity index (χ3v) is 3.77. The van der Waals surface area contributed by atoms with Crippen molar-refractivity contribution in [2.75, 3.05) is 6.54 Å². The largest absolute Gasteiger partial charge is 0.466 e. The second-order valence-electron chi connectivity index (χ2n) is 5.84. The predicted molar refractivity (Wildman–Crippen MR) is 87.4 cm³/mol. The molecule has 22 heavy (non-hydrogen) atoms. The van der Waals surface area contributed by atoms with Gasteiger partial charge in [0.2, 0.25) is 0 Å². The molecule has 0 spiro atoms. The SMILES string of the molecule is CCCCCCCCNC(C)(C(C)O)C(C)O.O=P(O)(O)O. The van der Waals surface area contributed by atoms with Gasteiger partial charge in [-0.1, -0.05) is 39.0 Å². The molecule has 0 rings (SSSR count). The van der Waals surface area contributed by atoms with Crippen LogP contribution < -0.4 is 5.32 Å². The monoisotopic (exact) mass is 343 g/mol. The minimum absolute atomic E-state index is 0.553. The number of unbranched alkanes of at least 4 members (excludes halogenated alkanes) is 5. The standard InChI is InChI=1S/C14H31NO2.H3O4P/c1-5-6-7-8-9-10-11-15-14(4,12(2)16)13(3)17;1-5(2,3)4/h12-13,15-17H,5-11H2,1-4H3;(H3,1,2,3,4). The lowest BCUT2D eigenvalue weighted by Gasteiger charge is -2.36. The Bertz CT molecular complexity index is 289. The number of hydrogen-bond acceptors (Lipinski definition) is 4. The fraction of sp³-hybridized carbons (Fsp3) is 1.00. The van der Waals surface area contributed by atoms with Crippen LogP contribution in [0.25, 0.3) is 0 Å². The number of nitrogens with one attached hydrogen (secondary N) is 1. The first kappa shape index (κ1) is 24.2. The summed E-state index contributed by atoms with van der Waals surface area (Å²) in [5.74, 6) is 0. The molecule has 0 amide bonds. The van der Waals surface area contributed by atoms with E-state index in [0.29, 0.717) is 0 Å². The number of hydrogen-bond donors (Lipinski definition) is 6. The minimum Gasteiger partial charge on any atom is -0.391 e. The normalized spacial score (nSPS) is 17.1. The smallest absolute Gasteiger partial charge is 0.391 e. The van der Waals surface area contributed by atoms with Crippen molar-refractivity contribution in [2.24, 2.45) is 0 Å². The number of rotatable bonds is 10. The molecule has 8 heteroatoms. The zero-order valence-electron chi connectivity index (χ0n) is 14.2. The van der Waals surface area contributed by atoms with Crippen LogP contribution in [0, 0.1) is 0 Å². The van der Waals surface area contributed by atoms with Gasteiger partial charge in [0.05, 0.1) is 17.7 Å². The van der Waals surface area contributed by atoms with Gasteiger partial charge in [-0.15, -0.1) is 0 Å². The molecule has 6 N–H and O–H groups in total. The lowest BCUT2D eigenvalue weighted by atomic mass is 9.90. The topological polar surface area (TPSA) is 130 Å². The van der Waals surface area contributed by atoms with E-state index in [9.17, 15) is 10.2 Å². The maximum atomic E-state index is 9.69. The second-order valence-corrected chi connectivity index (χ2v) is 6.87. The van der Waals surface area contributed by atoms with Gasteiger partial charge in [-0.05, 0) is 33.7 Å². The van der Waals surface area contributed by atoms with Gasteiger partial charge in [0.25, 0.3) is 0 Å². The quantitative estimate of drug-likeness (QED) is 0.262. The van der Waals surface area contributed by atoms with E-state index in [1.165, 1.54) is 32.1 Å². The second kappa shape index (κ2) is 12.4. The molecule has 136 valence electrons. The molecule has 0 fully saturated rings. The van der Waals surface area contributed by atoms with Gasteiger partial charge in [-0.3, -0.25) is 0 Å². The molecule has 2 unspecified atom stereocenters. The first-order valence-electron chi connectivity index (χ1n) is 7.84. The van der Waals surface area contributed by atoms with E-state index >= 15 is 0 Å². The Morgan fingerprint density at radius 1 is 0.955 bits per heavy atom. The zero-order chi connectivity index (χ0) is 17.8. The molecule has 0 aromatic carbocycles. The molecule has 0 saturated heterocycles. The summed E-state index contributed by atoms with van der Waals surface area (Å²) >= 11 is 0. The van der Waals surface area contributed by atoms with Crippen LogP contribution in [0.2, 0.25) is 0 Å². The van der Waals surface area contributed by atoms with Crippen molar-refractivity contribution in [1.82, 2.24) is 5.32 Å². The molecule has 0 bridgehead atoms. The van der Waals surface area contributed by atoms with Crippen LogP contribution in [-0.4, -0.2) is 49.2 Å². The molecule has 0 aliphatic carbocycles. The summed E-state index contributed by atoms with van der Waals surface area (Å²) in [6, 6.07) is 0. The Morgan fingerprint density at radius 3 is 1.68 bits per heavy atom. The first-order valence-corrected chi connectivity index (χ1v) is 9.41. The Kier molecular flexibility index (Phi) is 13.7. The van der Waals surface area contributed by atoms with Gasteiger partial charge in [0.15, 0.2) is 0 Å². The van der Waals surface area contributed by atoms with Crippen molar-refractivity contribution in [3.8, 4) is 0 Å². The van der Waals surface area contributed by atoms with Gasteiger partial charge in [-0.2, -0.15) is 0 Å². The van der Waals surface area contributed by atoms with E-state index in [2.05, 4.69) is 12.2 Å². The van der Waals surface area contributed by atoms with E-state index in [1.54, 1.807) is 13.8 Å². The highest BCUT2D eigenvalue weighted by Crippen LogP contribution is 2.25. The fourth-order valence-electron chi connectivity index (χ4n) is 1.91. The number of phosphoric acid groups is 1. The van der Waals surface area contributed by atoms with Gasteiger partial charge in [0, 0.05) is 0 Å². The van der Waals surface area contributed by atoms with Crippen LogP contribution >= 0.6 is 7.82 Å². The Hall–Kier alpha value is -0.0100. The van der Waals surface area contributed by atoms with Gasteiger partial charge >= 0.3 is 7.82 Å². The zero-order valence-corrected chi connectivity index (χ0v) is 15.1. The highest BCUT2D eigenvalue weighted by molar-refractivity contribution is 7.45. The third kappa shape index (κ3) is 14.9. The molecule has 0 aromatic heterocycles. The predicted octanol–water partition coefficient (Wildman–Crippen LogP) is 1.53. The molecule has 2 atom stereocenters. The summed E-state index contributed by atoms with van der Waals surface area (Å²) < 4.78 is 8.88. The van der Waals surface area contributed by atoms with E-state index in [-0.39, 0.29) is 0 Å². The van der Waals surface area contributed by atoms with Crippen molar-refractivity contribution in [3.05, 3.63) is 0 Å². The van der Waals surface area contributed by atoms with Crippen LogP contribution in [0.1, 0.15) is 66.2 Å². The summed E-state index contributed by atoms with van der Waals surface area (Å²) in [5, 5.41) is 22.7. The highest BCUT2D eigenvalue weighted by atomic mass is 31.2. The summed E-state index contributed by atoms with van der Waals surface area (Å²) in [6.07, 6.45) is 6.44. The molecule has 0 radical (unpaired) electrons. The van der Waals surface area contributed by atoms with Gasteiger partial charge in [0.1, 0.15) is 0 Å². The first-order chi connectivity index (χ1) is 9.95. The van der Waals surface area contributed by atoms with Gasteiger partial charge < -0.3 is 30.2 Å². The number of aliphatic hydroxyl groups excluding tert-OH is 2. The summed E-state index contributed by atoms with van der Waals surface area (Å²) in [7, 11) is -4.64. The molecule has 0 aliphatic rings. The van der Waals surface area contributed by atoms with Crippen molar-refractivity contribution in [3.63, 3.8) is 0 Å². The molecule has 0 aromatic rings. The van der Waals surface area contributed by atoms with E-state index in [4.69, 9.17) is 19.2 Å². The molecule has 0 heterocycles. The van der Waals surface area contributed by atoms with Crippen LogP contribution in [0.4, 0.5) is 0 Å². The van der Waals surface area contributed by atoms with Crippen LogP contribution in [0.15, 0.2) is 0 Å². The van der Waals surface area contributed by atoms with E-state index < -0.39 is 25.6 Å². The molecular formula is C14H34NO6P. The third-order valence-electron chi connectivity index (χ3n) is 3.77.